The van der Waals surface area contributed by atoms with Crippen LogP contribution in [0, 0.1) is 5.92 Å². The SMILES string of the molecule is CON[C@@H](C)C(=O)OP(=O)(O)O[C@]1(n2cnc3c(NC4CC4)nc(N)nc32)C=C[C@@H](COC(O)C(=O)c2ccccc2)C1. The molecule has 0 spiro atoms. The number of carbonyl (C=O) groups is 2. The van der Waals surface area contributed by atoms with E-state index in [4.69, 9.17) is 19.5 Å². The molecule has 1 fully saturated rings. The van der Waals surface area contributed by atoms with Crippen molar-refractivity contribution >= 4 is 42.5 Å². The Morgan fingerprint density at radius 1 is 1.26 bits per heavy atom. The van der Waals surface area contributed by atoms with Gasteiger partial charge in [0.2, 0.25) is 18.0 Å². The Morgan fingerprint density at radius 2 is 2.00 bits per heavy atom. The number of fused-ring (bicyclic) bond motifs is 1. The molecule has 43 heavy (non-hydrogen) atoms. The molecule has 17 heteroatoms. The van der Waals surface area contributed by atoms with E-state index < -0.39 is 43.6 Å². The highest BCUT2D eigenvalue weighted by Crippen LogP contribution is 2.53. The van der Waals surface area contributed by atoms with Crippen molar-refractivity contribution in [3.63, 3.8) is 0 Å². The highest BCUT2D eigenvalue weighted by atomic mass is 31.2. The number of nitrogen functional groups attached to an aromatic ring is 1. The minimum atomic E-state index is -5.10. The number of Topliss-reactive ketones (excluding diaryl/α,β-unsaturated/α-hetero) is 1. The van der Waals surface area contributed by atoms with Crippen molar-refractivity contribution in [2.45, 2.75) is 50.3 Å². The zero-order valence-corrected chi connectivity index (χ0v) is 24.2. The number of rotatable bonds is 14. The van der Waals surface area contributed by atoms with Gasteiger partial charge in [0.15, 0.2) is 22.7 Å². The van der Waals surface area contributed by atoms with Gasteiger partial charge in [-0.2, -0.15) is 15.4 Å². The lowest BCUT2D eigenvalue weighted by molar-refractivity contribution is -0.142. The number of hydroxylamine groups is 1. The van der Waals surface area contributed by atoms with Crippen LogP contribution in [0.15, 0.2) is 48.8 Å². The third kappa shape index (κ3) is 7.08. The van der Waals surface area contributed by atoms with E-state index in [-0.39, 0.29) is 36.2 Å². The lowest BCUT2D eigenvalue weighted by Crippen LogP contribution is -2.36. The number of nitrogens with one attached hydrogen (secondary N) is 2. The molecule has 230 valence electrons. The van der Waals surface area contributed by atoms with Crippen LogP contribution in [-0.2, 0) is 33.7 Å². The van der Waals surface area contributed by atoms with Crippen LogP contribution in [0.1, 0.15) is 36.5 Å². The molecule has 5 atom stereocenters. The van der Waals surface area contributed by atoms with Crippen molar-refractivity contribution in [3.05, 3.63) is 54.4 Å². The fourth-order valence-corrected chi connectivity index (χ4v) is 5.64. The first-order valence-corrected chi connectivity index (χ1v) is 14.9. The molecule has 3 aromatic rings. The van der Waals surface area contributed by atoms with E-state index in [0.29, 0.717) is 11.3 Å². The number of anilines is 2. The molecular weight excluding hydrogens is 585 g/mol. The average molecular weight is 618 g/mol. The highest BCUT2D eigenvalue weighted by Gasteiger charge is 2.47. The maximum absolute atomic E-state index is 13.2. The molecule has 0 aliphatic heterocycles. The molecule has 16 nitrogen and oxygen atoms in total. The molecule has 1 aromatic carbocycles. The van der Waals surface area contributed by atoms with Crippen molar-refractivity contribution in [2.24, 2.45) is 5.92 Å². The van der Waals surface area contributed by atoms with Gasteiger partial charge < -0.3 is 30.3 Å². The summed E-state index contributed by atoms with van der Waals surface area (Å²) in [5, 5.41) is 13.6. The fraction of sp³-hybridized carbons (Fsp3) is 0.423. The number of hydrogen-bond donors (Lipinski definition) is 5. The Kier molecular flexibility index (Phi) is 8.89. The summed E-state index contributed by atoms with van der Waals surface area (Å²) in [4.78, 5) is 53.3. The Balaban J connectivity index is 1.41. The fourth-order valence-electron chi connectivity index (χ4n) is 4.59. The minimum absolute atomic E-state index is 0.0615. The zero-order valence-electron chi connectivity index (χ0n) is 23.3. The number of imidazole rings is 1. The summed E-state index contributed by atoms with van der Waals surface area (Å²) in [6, 6.07) is 7.29. The third-order valence-electron chi connectivity index (χ3n) is 6.80. The molecule has 5 rings (SSSR count). The summed E-state index contributed by atoms with van der Waals surface area (Å²) >= 11 is 0. The van der Waals surface area contributed by atoms with Crippen LogP contribution in [0.5, 0.6) is 0 Å². The van der Waals surface area contributed by atoms with Gasteiger partial charge in [0.05, 0.1) is 20.0 Å². The van der Waals surface area contributed by atoms with Gasteiger partial charge in [-0.1, -0.05) is 36.4 Å². The molecule has 2 heterocycles. The van der Waals surface area contributed by atoms with Crippen LogP contribution >= 0.6 is 7.82 Å². The van der Waals surface area contributed by atoms with Gasteiger partial charge >= 0.3 is 13.8 Å². The van der Waals surface area contributed by atoms with Crippen molar-refractivity contribution in [3.8, 4) is 0 Å². The number of carbonyl (C=O) groups excluding carboxylic acids is 2. The largest absolute Gasteiger partial charge is 0.532 e. The van der Waals surface area contributed by atoms with Gasteiger partial charge in [0.1, 0.15) is 6.04 Å². The summed E-state index contributed by atoms with van der Waals surface area (Å²) in [6.45, 7) is 1.20. The number of aliphatic hydroxyl groups is 1. The number of ketones is 1. The first kappa shape index (κ1) is 30.7. The lowest BCUT2D eigenvalue weighted by atomic mass is 10.1. The van der Waals surface area contributed by atoms with E-state index in [1.54, 1.807) is 36.4 Å². The molecule has 6 N–H and O–H groups in total. The predicted molar refractivity (Wildman–Crippen MR) is 151 cm³/mol. The zero-order chi connectivity index (χ0) is 30.8. The number of aromatic nitrogens is 4. The second-order valence-electron chi connectivity index (χ2n) is 10.2. The van der Waals surface area contributed by atoms with Crippen molar-refractivity contribution < 1.29 is 42.8 Å². The average Bonchev–Trinajstić information content (AvgIpc) is 3.53. The van der Waals surface area contributed by atoms with Gasteiger partial charge in [-0.25, -0.2) is 18.9 Å². The van der Waals surface area contributed by atoms with Crippen LogP contribution in [0.4, 0.5) is 11.8 Å². The molecule has 1 saturated carbocycles. The quantitative estimate of drug-likeness (QED) is 0.0570. The number of aliphatic hydroxyl groups excluding tert-OH is 1. The summed E-state index contributed by atoms with van der Waals surface area (Å²) in [5.41, 5.74) is 7.32. The number of phosphoric ester groups is 1. The Morgan fingerprint density at radius 3 is 2.70 bits per heavy atom. The van der Waals surface area contributed by atoms with E-state index in [2.05, 4.69) is 30.6 Å². The second kappa shape index (κ2) is 12.5. The number of ether oxygens (including phenoxy) is 1. The van der Waals surface area contributed by atoms with Crippen LogP contribution in [-0.4, -0.2) is 73.4 Å². The summed E-state index contributed by atoms with van der Waals surface area (Å²) in [5.74, 6) is -1.95. The topological polar surface area (TPSA) is 222 Å². The first-order valence-electron chi connectivity index (χ1n) is 13.4. The number of hydrogen-bond acceptors (Lipinski definition) is 14. The van der Waals surface area contributed by atoms with Crippen molar-refractivity contribution in [1.82, 2.24) is 25.0 Å². The lowest BCUT2D eigenvalue weighted by Gasteiger charge is -2.31. The van der Waals surface area contributed by atoms with Gasteiger partial charge in [-0.3, -0.25) is 14.3 Å². The molecular formula is C26H32N7O9P. The molecule has 0 amide bonds. The molecule has 2 aliphatic carbocycles. The highest BCUT2D eigenvalue weighted by molar-refractivity contribution is 7.48. The number of nitrogens with zero attached hydrogens (tertiary/aromatic N) is 4. The predicted octanol–water partition coefficient (Wildman–Crippen LogP) is 1.63. The summed E-state index contributed by atoms with van der Waals surface area (Å²) in [6.07, 6.45) is 4.53. The van der Waals surface area contributed by atoms with E-state index in [1.807, 2.05) is 0 Å². The van der Waals surface area contributed by atoms with Crippen LogP contribution in [0.3, 0.4) is 0 Å². The maximum atomic E-state index is 13.2. The van der Waals surface area contributed by atoms with Gasteiger partial charge in [-0.15, -0.1) is 0 Å². The molecule has 0 radical (unpaired) electrons. The molecule has 2 unspecified atom stereocenters. The second-order valence-corrected chi connectivity index (χ2v) is 11.5. The molecule has 0 bridgehead atoms. The van der Waals surface area contributed by atoms with Crippen LogP contribution in [0.2, 0.25) is 0 Å². The minimum Gasteiger partial charge on any atom is -0.369 e. The first-order chi connectivity index (χ1) is 20.5. The molecule has 0 saturated heterocycles. The Labute approximate surface area is 245 Å². The van der Waals surface area contributed by atoms with E-state index in [1.165, 1.54) is 31.0 Å². The van der Waals surface area contributed by atoms with Gasteiger partial charge in [0.25, 0.3) is 0 Å². The summed E-state index contributed by atoms with van der Waals surface area (Å²) in [7, 11) is -3.82. The van der Waals surface area contributed by atoms with E-state index in [9.17, 15) is 24.2 Å². The van der Waals surface area contributed by atoms with Crippen LogP contribution < -0.4 is 16.5 Å². The number of phosphoric acid groups is 1. The molecule has 2 aliphatic rings. The van der Waals surface area contributed by atoms with Crippen LogP contribution in [0.25, 0.3) is 11.2 Å². The number of benzene rings is 1. The summed E-state index contributed by atoms with van der Waals surface area (Å²) < 4.78 is 30.6. The third-order valence-corrected chi connectivity index (χ3v) is 7.76. The Bertz CT molecular complexity index is 1570. The van der Waals surface area contributed by atoms with E-state index >= 15 is 0 Å². The van der Waals surface area contributed by atoms with E-state index in [0.717, 1.165) is 12.8 Å². The maximum Gasteiger partial charge on any atom is 0.532 e. The normalized spacial score (nSPS) is 22.7. The van der Waals surface area contributed by atoms with Crippen molar-refractivity contribution in [1.29, 1.82) is 0 Å². The van der Waals surface area contributed by atoms with Crippen molar-refractivity contribution in [2.75, 3.05) is 24.8 Å². The number of nitrogens with two attached hydrogens (primary N) is 1. The molecule has 2 aromatic heterocycles. The standard InChI is InChI=1S/C26H32N7O9P/c1-15(32-39-2)23(35)41-43(37,38)42-26(33-14-28-19-21(29-18-8-9-18)30-25(27)31-22(19)33)11-10-16(12-26)13-40-24(36)20(34)17-6-4-3-5-7-17/h3-7,10-11,14-16,18,24,32,36H,8-9,12-13H2,1-2H3,(H,37,38)(H3,27,29,30,31)/t15-,16+,24?,26+/m0/s1. The Hall–Kier alpha value is -3.76. The van der Waals surface area contributed by atoms with Gasteiger partial charge in [0, 0.05) is 23.9 Å². The van der Waals surface area contributed by atoms with Gasteiger partial charge in [-0.05, 0) is 25.8 Å². The monoisotopic (exact) mass is 617 g/mol. The smallest absolute Gasteiger partial charge is 0.369 e.